The lowest BCUT2D eigenvalue weighted by atomic mass is 9.75. The number of carbonyl (C=O) groups is 3. The molecular weight excluding hydrogens is 464 g/mol. The molecule has 10 nitrogen and oxygen atoms in total. The lowest BCUT2D eigenvalue weighted by Crippen LogP contribution is -2.54. The van der Waals surface area contributed by atoms with Crippen LogP contribution in [0.5, 0.6) is 5.75 Å². The first-order chi connectivity index (χ1) is 16.3. The lowest BCUT2D eigenvalue weighted by Gasteiger charge is -2.36. The van der Waals surface area contributed by atoms with Crippen LogP contribution in [0.3, 0.4) is 0 Å². The van der Waals surface area contributed by atoms with Crippen LogP contribution in [-0.4, -0.2) is 47.2 Å². The Labute approximate surface area is 198 Å². The predicted octanol–water partition coefficient (Wildman–Crippen LogP) is 2.69. The SMILES string of the molecule is COc1ccc([N+](=O)[O-])cc1N1C(=O)C2C3CCCN3C3(C(=O)Nc4ccc(Cl)cc43)C2C1=O. The van der Waals surface area contributed by atoms with Gasteiger partial charge in [-0.15, -0.1) is 0 Å². The molecule has 4 aliphatic rings. The Balaban J connectivity index is 1.56. The van der Waals surface area contributed by atoms with Crippen molar-refractivity contribution in [3.05, 3.63) is 57.1 Å². The van der Waals surface area contributed by atoms with Crippen molar-refractivity contribution in [3.63, 3.8) is 0 Å². The topological polar surface area (TPSA) is 122 Å². The van der Waals surface area contributed by atoms with E-state index in [0.717, 1.165) is 17.4 Å². The number of anilines is 2. The molecule has 0 aliphatic carbocycles. The van der Waals surface area contributed by atoms with Gasteiger partial charge in [-0.2, -0.15) is 0 Å². The first kappa shape index (κ1) is 21.1. The number of imide groups is 1. The second-order valence-electron chi connectivity index (χ2n) is 8.94. The van der Waals surface area contributed by atoms with Crippen molar-refractivity contribution in [2.45, 2.75) is 24.4 Å². The van der Waals surface area contributed by atoms with E-state index in [1.165, 1.54) is 19.2 Å². The number of methoxy groups -OCH3 is 1. The van der Waals surface area contributed by atoms with Crippen LogP contribution in [0, 0.1) is 22.0 Å². The van der Waals surface area contributed by atoms with Gasteiger partial charge in [0.15, 0.2) is 0 Å². The summed E-state index contributed by atoms with van der Waals surface area (Å²) in [4.78, 5) is 55.2. The number of hydrogen-bond acceptors (Lipinski definition) is 7. The number of nitrogens with one attached hydrogen (secondary N) is 1. The lowest BCUT2D eigenvalue weighted by molar-refractivity contribution is -0.384. The highest BCUT2D eigenvalue weighted by Crippen LogP contribution is 2.61. The monoisotopic (exact) mass is 482 g/mol. The number of hydrogen-bond donors (Lipinski definition) is 1. The Kier molecular flexibility index (Phi) is 4.34. The molecule has 3 saturated heterocycles. The fourth-order valence-corrected chi connectivity index (χ4v) is 6.55. The minimum absolute atomic E-state index is 0.00511. The molecule has 1 N–H and O–H groups in total. The van der Waals surface area contributed by atoms with Gasteiger partial charge in [0.05, 0.1) is 23.9 Å². The van der Waals surface area contributed by atoms with Gasteiger partial charge in [0.1, 0.15) is 17.0 Å². The molecule has 6 rings (SSSR count). The Bertz CT molecular complexity index is 1310. The Morgan fingerprint density at radius 2 is 1.97 bits per heavy atom. The van der Waals surface area contributed by atoms with E-state index in [0.29, 0.717) is 29.2 Å². The largest absolute Gasteiger partial charge is 0.495 e. The van der Waals surface area contributed by atoms with Crippen LogP contribution < -0.4 is 15.0 Å². The predicted molar refractivity (Wildman–Crippen MR) is 121 cm³/mol. The maximum absolute atomic E-state index is 14.0. The van der Waals surface area contributed by atoms with E-state index >= 15 is 0 Å². The van der Waals surface area contributed by atoms with Crippen LogP contribution in [0.4, 0.5) is 17.1 Å². The highest BCUT2D eigenvalue weighted by atomic mass is 35.5. The number of carbonyl (C=O) groups excluding carboxylic acids is 3. The third-order valence-electron chi connectivity index (χ3n) is 7.57. The second-order valence-corrected chi connectivity index (χ2v) is 9.38. The molecular formula is C23H19ClN4O6. The second kappa shape index (κ2) is 7.00. The summed E-state index contributed by atoms with van der Waals surface area (Å²) in [5.74, 6) is -3.03. The molecule has 3 amide bonds. The fourth-order valence-electron chi connectivity index (χ4n) is 6.38. The van der Waals surface area contributed by atoms with Gasteiger partial charge in [0.25, 0.3) is 5.69 Å². The van der Waals surface area contributed by atoms with Crippen molar-refractivity contribution in [2.24, 2.45) is 11.8 Å². The van der Waals surface area contributed by atoms with E-state index in [1.807, 2.05) is 4.90 Å². The van der Waals surface area contributed by atoms with E-state index in [1.54, 1.807) is 18.2 Å². The smallest absolute Gasteiger partial charge is 0.271 e. The number of benzene rings is 2. The quantitative estimate of drug-likeness (QED) is 0.405. The summed E-state index contributed by atoms with van der Waals surface area (Å²) < 4.78 is 5.33. The molecule has 4 unspecified atom stereocenters. The molecule has 4 atom stereocenters. The third kappa shape index (κ3) is 2.41. The number of amides is 3. The number of nitrogens with zero attached hydrogens (tertiary/aromatic N) is 3. The molecule has 11 heteroatoms. The molecule has 174 valence electrons. The van der Waals surface area contributed by atoms with Crippen LogP contribution in [-0.2, 0) is 19.9 Å². The summed E-state index contributed by atoms with van der Waals surface area (Å²) in [6, 6.07) is 8.50. The van der Waals surface area contributed by atoms with E-state index in [-0.39, 0.29) is 29.1 Å². The molecule has 4 aliphatic heterocycles. The van der Waals surface area contributed by atoms with E-state index < -0.39 is 34.1 Å². The minimum atomic E-state index is -1.37. The van der Waals surface area contributed by atoms with Crippen molar-refractivity contribution in [2.75, 3.05) is 23.9 Å². The molecule has 0 aromatic heterocycles. The van der Waals surface area contributed by atoms with Crippen LogP contribution >= 0.6 is 11.6 Å². The number of ether oxygens (including phenoxy) is 1. The summed E-state index contributed by atoms with van der Waals surface area (Å²) in [6.45, 7) is 0.567. The maximum Gasteiger partial charge on any atom is 0.271 e. The van der Waals surface area contributed by atoms with Gasteiger partial charge in [0.2, 0.25) is 17.7 Å². The highest BCUT2D eigenvalue weighted by molar-refractivity contribution is 6.31. The molecule has 2 aromatic carbocycles. The van der Waals surface area contributed by atoms with Gasteiger partial charge >= 0.3 is 0 Å². The van der Waals surface area contributed by atoms with Gasteiger partial charge in [0, 0.05) is 34.4 Å². The van der Waals surface area contributed by atoms with E-state index in [2.05, 4.69) is 5.32 Å². The summed E-state index contributed by atoms with van der Waals surface area (Å²) in [5, 5.41) is 14.7. The number of rotatable bonds is 3. The molecule has 0 saturated carbocycles. The van der Waals surface area contributed by atoms with Crippen molar-refractivity contribution in [1.82, 2.24) is 4.90 Å². The average molecular weight is 483 g/mol. The van der Waals surface area contributed by atoms with Gasteiger partial charge in [-0.1, -0.05) is 11.6 Å². The standard InChI is InChI=1S/C23H19ClN4O6/c1-34-17-7-5-12(28(32)33)10-16(17)27-20(29)18-15-3-2-8-26(15)23(19(18)21(27)30)13-9-11(24)4-6-14(13)25-22(23)31/h4-7,9-10,15,18-19H,2-3,8H2,1H3,(H,25,31). The number of fused-ring (bicyclic) bond motifs is 7. The van der Waals surface area contributed by atoms with Crippen molar-refractivity contribution < 1.29 is 24.0 Å². The van der Waals surface area contributed by atoms with E-state index in [4.69, 9.17) is 16.3 Å². The number of nitro groups is 1. The summed E-state index contributed by atoms with van der Waals surface area (Å²) in [5.41, 5.74) is -0.501. The molecule has 0 bridgehead atoms. The number of halogens is 1. The summed E-state index contributed by atoms with van der Waals surface area (Å²) in [6.07, 6.45) is 1.44. The van der Waals surface area contributed by atoms with Crippen LogP contribution in [0.2, 0.25) is 5.02 Å². The van der Waals surface area contributed by atoms with Crippen LogP contribution in [0.15, 0.2) is 36.4 Å². The zero-order valence-corrected chi connectivity index (χ0v) is 18.7. The van der Waals surface area contributed by atoms with Gasteiger partial charge in [-0.3, -0.25) is 29.4 Å². The normalized spacial score (nSPS) is 29.4. The average Bonchev–Trinajstić information content (AvgIpc) is 3.52. The minimum Gasteiger partial charge on any atom is -0.495 e. The maximum atomic E-state index is 14.0. The molecule has 1 spiro atoms. The zero-order chi connectivity index (χ0) is 23.9. The summed E-state index contributed by atoms with van der Waals surface area (Å²) in [7, 11) is 1.36. The molecule has 4 heterocycles. The van der Waals surface area contributed by atoms with Crippen molar-refractivity contribution >= 4 is 46.4 Å². The summed E-state index contributed by atoms with van der Waals surface area (Å²) >= 11 is 6.29. The van der Waals surface area contributed by atoms with Crippen LogP contribution in [0.1, 0.15) is 18.4 Å². The molecule has 34 heavy (non-hydrogen) atoms. The number of non-ortho nitro benzene ring substituents is 1. The Morgan fingerprint density at radius 3 is 2.71 bits per heavy atom. The molecule has 0 radical (unpaired) electrons. The van der Waals surface area contributed by atoms with Crippen molar-refractivity contribution in [1.29, 1.82) is 0 Å². The Morgan fingerprint density at radius 1 is 1.18 bits per heavy atom. The first-order valence-electron chi connectivity index (χ1n) is 10.9. The zero-order valence-electron chi connectivity index (χ0n) is 18.0. The highest BCUT2D eigenvalue weighted by Gasteiger charge is 2.74. The Hall–Kier alpha value is -3.50. The first-order valence-corrected chi connectivity index (χ1v) is 11.3. The van der Waals surface area contributed by atoms with Gasteiger partial charge in [-0.05, 0) is 43.7 Å². The van der Waals surface area contributed by atoms with Gasteiger partial charge in [-0.25, -0.2) is 4.90 Å². The molecule has 3 fully saturated rings. The third-order valence-corrected chi connectivity index (χ3v) is 7.80. The van der Waals surface area contributed by atoms with Crippen LogP contribution in [0.25, 0.3) is 0 Å². The number of nitro benzene ring substituents is 1. The van der Waals surface area contributed by atoms with E-state index in [9.17, 15) is 24.5 Å². The van der Waals surface area contributed by atoms with Gasteiger partial charge < -0.3 is 10.1 Å². The van der Waals surface area contributed by atoms with Crippen molar-refractivity contribution in [3.8, 4) is 5.75 Å². The molecule has 2 aromatic rings. The fraction of sp³-hybridized carbons (Fsp3) is 0.348.